The van der Waals surface area contributed by atoms with Crippen molar-refractivity contribution in [2.24, 2.45) is 11.3 Å². The first kappa shape index (κ1) is 15.3. The minimum Gasteiger partial charge on any atom is -0.396 e. The van der Waals surface area contributed by atoms with Crippen LogP contribution in [-0.4, -0.2) is 37.0 Å². The van der Waals surface area contributed by atoms with Crippen molar-refractivity contribution >= 4 is 0 Å². The lowest BCUT2D eigenvalue weighted by atomic mass is 9.60. The fraction of sp³-hybridized carbons (Fsp3) is 1.00. The molecule has 2 saturated carbocycles. The topological polar surface area (TPSA) is 41.5 Å². The molecule has 2 rings (SSSR count). The molecule has 3 atom stereocenters. The minimum atomic E-state index is 0.319. The molecule has 3 unspecified atom stereocenters. The standard InChI is InChI=1S/C16H31NO2/c1-3-19-15-11-14(16(15)8-4-5-9-16)17-10-6-7-13(2)12-18/h13-15,17-18H,3-12H2,1-2H3. The molecular formula is C16H31NO2. The van der Waals surface area contributed by atoms with E-state index >= 15 is 0 Å². The maximum Gasteiger partial charge on any atom is 0.0661 e. The molecule has 19 heavy (non-hydrogen) atoms. The Bertz CT molecular complexity index is 263. The van der Waals surface area contributed by atoms with Crippen molar-refractivity contribution < 1.29 is 9.84 Å². The molecule has 0 aromatic heterocycles. The van der Waals surface area contributed by atoms with Crippen LogP contribution in [0.5, 0.6) is 0 Å². The summed E-state index contributed by atoms with van der Waals surface area (Å²) in [6, 6.07) is 0.677. The Balaban J connectivity index is 1.72. The number of ether oxygens (including phenoxy) is 1. The Hall–Kier alpha value is -0.120. The Labute approximate surface area is 118 Å². The van der Waals surface area contributed by atoms with Crippen LogP contribution in [0.3, 0.4) is 0 Å². The molecule has 2 N–H and O–H groups in total. The van der Waals surface area contributed by atoms with Gasteiger partial charge in [0.1, 0.15) is 0 Å². The molecule has 0 aromatic carbocycles. The van der Waals surface area contributed by atoms with Crippen LogP contribution in [0.1, 0.15) is 58.8 Å². The molecule has 112 valence electrons. The van der Waals surface area contributed by atoms with E-state index in [-0.39, 0.29) is 0 Å². The Morgan fingerprint density at radius 2 is 2.11 bits per heavy atom. The molecule has 0 aliphatic heterocycles. The highest BCUT2D eigenvalue weighted by molar-refractivity contribution is 5.09. The van der Waals surface area contributed by atoms with Crippen LogP contribution < -0.4 is 5.32 Å². The van der Waals surface area contributed by atoms with E-state index in [9.17, 15) is 0 Å². The summed E-state index contributed by atoms with van der Waals surface area (Å²) in [5.41, 5.74) is 0.457. The molecule has 0 radical (unpaired) electrons. The monoisotopic (exact) mass is 269 g/mol. The molecule has 2 fully saturated rings. The van der Waals surface area contributed by atoms with E-state index in [4.69, 9.17) is 9.84 Å². The molecule has 0 heterocycles. The van der Waals surface area contributed by atoms with Gasteiger partial charge in [0.25, 0.3) is 0 Å². The van der Waals surface area contributed by atoms with Crippen molar-refractivity contribution in [2.45, 2.75) is 70.9 Å². The van der Waals surface area contributed by atoms with Crippen molar-refractivity contribution in [3.05, 3.63) is 0 Å². The second-order valence-electron chi connectivity index (χ2n) is 6.56. The highest BCUT2D eigenvalue weighted by Crippen LogP contribution is 2.54. The third-order valence-electron chi connectivity index (χ3n) is 5.26. The van der Waals surface area contributed by atoms with Crippen molar-refractivity contribution in [2.75, 3.05) is 19.8 Å². The molecule has 2 aliphatic carbocycles. The van der Waals surface area contributed by atoms with Crippen LogP contribution in [-0.2, 0) is 4.74 Å². The molecular weight excluding hydrogens is 238 g/mol. The smallest absolute Gasteiger partial charge is 0.0661 e. The molecule has 1 spiro atoms. The minimum absolute atomic E-state index is 0.319. The second-order valence-corrected chi connectivity index (χ2v) is 6.56. The van der Waals surface area contributed by atoms with Gasteiger partial charge in [0.05, 0.1) is 6.10 Å². The number of nitrogens with one attached hydrogen (secondary N) is 1. The normalized spacial score (nSPS) is 30.5. The van der Waals surface area contributed by atoms with Gasteiger partial charge in [0.15, 0.2) is 0 Å². The maximum absolute atomic E-state index is 9.02. The third-order valence-corrected chi connectivity index (χ3v) is 5.26. The average molecular weight is 269 g/mol. The first-order valence-electron chi connectivity index (χ1n) is 8.18. The maximum atomic E-state index is 9.02. The summed E-state index contributed by atoms with van der Waals surface area (Å²) in [6.45, 7) is 6.50. The SMILES string of the molecule is CCOC1CC(NCCCC(C)CO)C12CCCC2. The zero-order valence-electron chi connectivity index (χ0n) is 12.7. The van der Waals surface area contributed by atoms with Gasteiger partial charge in [-0.25, -0.2) is 0 Å². The highest BCUT2D eigenvalue weighted by Gasteiger charge is 2.56. The average Bonchev–Trinajstić information content (AvgIpc) is 2.93. The summed E-state index contributed by atoms with van der Waals surface area (Å²) in [5.74, 6) is 0.444. The van der Waals surface area contributed by atoms with E-state index in [1.807, 2.05) is 0 Å². The van der Waals surface area contributed by atoms with E-state index in [0.717, 1.165) is 19.6 Å². The quantitative estimate of drug-likeness (QED) is 0.666. The predicted molar refractivity (Wildman–Crippen MR) is 78.2 cm³/mol. The lowest BCUT2D eigenvalue weighted by Crippen LogP contribution is -2.62. The summed E-state index contributed by atoms with van der Waals surface area (Å²) in [6.07, 6.45) is 9.46. The number of aliphatic hydroxyl groups excluding tert-OH is 1. The van der Waals surface area contributed by atoms with Crippen LogP contribution >= 0.6 is 0 Å². The summed E-state index contributed by atoms with van der Waals surface area (Å²) >= 11 is 0. The fourth-order valence-electron chi connectivity index (χ4n) is 3.99. The molecule has 0 bridgehead atoms. The van der Waals surface area contributed by atoms with Gasteiger partial charge in [0.2, 0.25) is 0 Å². The fourth-order valence-corrected chi connectivity index (χ4v) is 3.99. The number of hydrogen-bond donors (Lipinski definition) is 2. The highest BCUT2D eigenvalue weighted by atomic mass is 16.5. The second kappa shape index (κ2) is 7.05. The summed E-state index contributed by atoms with van der Waals surface area (Å²) in [5, 5.41) is 12.8. The van der Waals surface area contributed by atoms with Gasteiger partial charge >= 0.3 is 0 Å². The molecule has 0 saturated heterocycles. The number of rotatable bonds is 8. The van der Waals surface area contributed by atoms with Gasteiger partial charge in [-0.3, -0.25) is 0 Å². The zero-order valence-corrected chi connectivity index (χ0v) is 12.7. The van der Waals surface area contributed by atoms with Crippen LogP contribution in [0.4, 0.5) is 0 Å². The van der Waals surface area contributed by atoms with Crippen molar-refractivity contribution in [1.82, 2.24) is 5.32 Å². The predicted octanol–water partition coefficient (Wildman–Crippen LogP) is 2.72. The van der Waals surface area contributed by atoms with Gasteiger partial charge in [-0.15, -0.1) is 0 Å². The van der Waals surface area contributed by atoms with E-state index in [1.165, 1.54) is 38.5 Å². The Kier molecular flexibility index (Phi) is 5.67. The van der Waals surface area contributed by atoms with Gasteiger partial charge in [-0.05, 0) is 51.5 Å². The Morgan fingerprint density at radius 3 is 2.74 bits per heavy atom. The molecule has 0 aromatic rings. The largest absolute Gasteiger partial charge is 0.396 e. The molecule has 3 heteroatoms. The van der Waals surface area contributed by atoms with Crippen molar-refractivity contribution in [3.63, 3.8) is 0 Å². The number of aliphatic hydroxyl groups is 1. The molecule has 3 nitrogen and oxygen atoms in total. The molecule has 2 aliphatic rings. The van der Waals surface area contributed by atoms with Gasteiger partial charge in [-0.1, -0.05) is 19.8 Å². The lowest BCUT2D eigenvalue weighted by molar-refractivity contribution is -0.130. The van der Waals surface area contributed by atoms with E-state index < -0.39 is 0 Å². The Morgan fingerprint density at radius 1 is 1.37 bits per heavy atom. The van der Waals surface area contributed by atoms with Crippen LogP contribution in [0.2, 0.25) is 0 Å². The molecule has 0 amide bonds. The van der Waals surface area contributed by atoms with Gasteiger partial charge in [0, 0.05) is 24.7 Å². The van der Waals surface area contributed by atoms with Gasteiger partial charge in [-0.2, -0.15) is 0 Å². The van der Waals surface area contributed by atoms with Crippen LogP contribution in [0.25, 0.3) is 0 Å². The van der Waals surface area contributed by atoms with Crippen LogP contribution in [0.15, 0.2) is 0 Å². The van der Waals surface area contributed by atoms with Crippen LogP contribution in [0, 0.1) is 11.3 Å². The first-order valence-corrected chi connectivity index (χ1v) is 8.18. The number of hydrogen-bond acceptors (Lipinski definition) is 3. The summed E-state index contributed by atoms with van der Waals surface area (Å²) in [4.78, 5) is 0. The first-order chi connectivity index (χ1) is 9.23. The summed E-state index contributed by atoms with van der Waals surface area (Å²) < 4.78 is 5.93. The van der Waals surface area contributed by atoms with E-state index in [0.29, 0.717) is 30.1 Å². The third kappa shape index (κ3) is 3.32. The van der Waals surface area contributed by atoms with E-state index in [2.05, 4.69) is 19.2 Å². The van der Waals surface area contributed by atoms with Crippen molar-refractivity contribution in [1.29, 1.82) is 0 Å². The lowest BCUT2D eigenvalue weighted by Gasteiger charge is -2.54. The summed E-state index contributed by atoms with van der Waals surface area (Å²) in [7, 11) is 0. The zero-order chi connectivity index (χ0) is 13.7. The van der Waals surface area contributed by atoms with Crippen molar-refractivity contribution in [3.8, 4) is 0 Å². The van der Waals surface area contributed by atoms with Gasteiger partial charge < -0.3 is 15.2 Å². The van der Waals surface area contributed by atoms with E-state index in [1.54, 1.807) is 0 Å².